The summed E-state index contributed by atoms with van der Waals surface area (Å²) in [5.74, 6) is 5.35. The molecule has 8 atom stereocenters. The van der Waals surface area contributed by atoms with Crippen LogP contribution < -0.4 is 10.6 Å². The summed E-state index contributed by atoms with van der Waals surface area (Å²) in [5.41, 5.74) is 2.66. The molecule has 2 heteroatoms. The molecule has 2 nitrogen and oxygen atoms in total. The topological polar surface area (TPSA) is 24.1 Å². The Labute approximate surface area is 207 Å². The Balaban J connectivity index is 1.36. The van der Waals surface area contributed by atoms with Crippen molar-refractivity contribution in [1.29, 1.82) is 0 Å². The number of anilines is 2. The Morgan fingerprint density at radius 3 is 1.29 bits per heavy atom. The van der Waals surface area contributed by atoms with Crippen LogP contribution in [-0.2, 0) is 0 Å². The van der Waals surface area contributed by atoms with E-state index < -0.39 is 0 Å². The van der Waals surface area contributed by atoms with E-state index in [-0.39, 0.29) is 0 Å². The Morgan fingerprint density at radius 1 is 0.441 bits per heavy atom. The molecule has 8 unspecified atom stereocenters. The number of nitrogens with one attached hydrogen (secondary N) is 2. The third-order valence-electron chi connectivity index (χ3n) is 10.2. The van der Waals surface area contributed by atoms with Crippen LogP contribution in [0.25, 0.3) is 0 Å². The van der Waals surface area contributed by atoms with Gasteiger partial charge in [0, 0.05) is 23.5 Å². The number of hydrogen-bond acceptors (Lipinski definition) is 2. The minimum Gasteiger partial charge on any atom is -0.382 e. The van der Waals surface area contributed by atoms with Crippen molar-refractivity contribution in [3.63, 3.8) is 0 Å². The number of benzene rings is 2. The lowest BCUT2D eigenvalue weighted by molar-refractivity contribution is -0.0216. The van der Waals surface area contributed by atoms with Crippen molar-refractivity contribution < 1.29 is 0 Å². The maximum Gasteiger partial charge on any atom is 0.0342 e. The van der Waals surface area contributed by atoms with Gasteiger partial charge in [-0.15, -0.1) is 0 Å². The standard InChI is InChI=1S/C32H44N2/c1-3-13-25(14-4-1)33-29-21-19-23-11-7-9-17-27(23)31(29)32-28-18-10-8-12-24(28)20-22-30(32)34-26-15-5-2-6-16-26/h1-6,13-16,23-24,27-34H,7-12,17-22H2. The molecule has 4 saturated carbocycles. The van der Waals surface area contributed by atoms with Crippen LogP contribution in [0.5, 0.6) is 0 Å². The zero-order valence-electron chi connectivity index (χ0n) is 20.9. The van der Waals surface area contributed by atoms with Crippen LogP contribution in [0, 0.1) is 35.5 Å². The predicted molar refractivity (Wildman–Crippen MR) is 144 cm³/mol. The molecular formula is C32H44N2. The van der Waals surface area contributed by atoms with E-state index in [1.165, 1.54) is 88.4 Å². The summed E-state index contributed by atoms with van der Waals surface area (Å²) in [6.45, 7) is 0. The van der Waals surface area contributed by atoms with Crippen molar-refractivity contribution in [3.8, 4) is 0 Å². The van der Waals surface area contributed by atoms with Gasteiger partial charge in [-0.1, -0.05) is 74.9 Å². The van der Waals surface area contributed by atoms with Crippen LogP contribution in [0.3, 0.4) is 0 Å². The van der Waals surface area contributed by atoms with Gasteiger partial charge >= 0.3 is 0 Å². The molecule has 2 aromatic rings. The van der Waals surface area contributed by atoms with Crippen molar-refractivity contribution in [2.24, 2.45) is 35.5 Å². The molecule has 2 aromatic carbocycles. The average molecular weight is 457 g/mol. The molecule has 2 N–H and O–H groups in total. The van der Waals surface area contributed by atoms with Gasteiger partial charge < -0.3 is 10.6 Å². The van der Waals surface area contributed by atoms with Crippen molar-refractivity contribution in [3.05, 3.63) is 60.7 Å². The molecule has 6 rings (SSSR count). The summed E-state index contributed by atoms with van der Waals surface area (Å²) >= 11 is 0. The predicted octanol–water partition coefficient (Wildman–Crippen LogP) is 8.38. The second kappa shape index (κ2) is 10.3. The molecule has 0 radical (unpaired) electrons. The number of fused-ring (bicyclic) bond motifs is 2. The largest absolute Gasteiger partial charge is 0.382 e. The first kappa shape index (κ1) is 22.5. The van der Waals surface area contributed by atoms with Gasteiger partial charge in [-0.05, 0) is 98.3 Å². The third-order valence-corrected chi connectivity index (χ3v) is 10.2. The van der Waals surface area contributed by atoms with Crippen LogP contribution in [0.15, 0.2) is 60.7 Å². The summed E-state index contributed by atoms with van der Waals surface area (Å²) in [4.78, 5) is 0. The first-order valence-corrected chi connectivity index (χ1v) is 14.5. The van der Waals surface area contributed by atoms with E-state index in [4.69, 9.17) is 0 Å². The molecule has 4 fully saturated rings. The quantitative estimate of drug-likeness (QED) is 0.472. The van der Waals surface area contributed by atoms with E-state index in [1.807, 2.05) is 0 Å². The van der Waals surface area contributed by atoms with E-state index in [2.05, 4.69) is 71.3 Å². The number of hydrogen-bond donors (Lipinski definition) is 2. The van der Waals surface area contributed by atoms with Crippen LogP contribution in [0.2, 0.25) is 0 Å². The van der Waals surface area contributed by atoms with E-state index in [0.29, 0.717) is 12.1 Å². The maximum atomic E-state index is 4.11. The highest BCUT2D eigenvalue weighted by Crippen LogP contribution is 2.55. The fourth-order valence-electron chi connectivity index (χ4n) is 8.91. The van der Waals surface area contributed by atoms with Crippen molar-refractivity contribution in [1.82, 2.24) is 0 Å². The lowest BCUT2D eigenvalue weighted by Gasteiger charge is -2.56. The molecule has 4 aliphatic carbocycles. The minimum atomic E-state index is 0.618. The monoisotopic (exact) mass is 456 g/mol. The molecule has 0 heterocycles. The van der Waals surface area contributed by atoms with E-state index >= 15 is 0 Å². The average Bonchev–Trinajstić information content (AvgIpc) is 2.90. The Hall–Kier alpha value is -1.96. The molecular weight excluding hydrogens is 412 g/mol. The summed E-state index contributed by atoms with van der Waals surface area (Å²) in [6, 6.07) is 23.5. The van der Waals surface area contributed by atoms with Crippen molar-refractivity contribution in [2.75, 3.05) is 10.6 Å². The number of para-hydroxylation sites is 2. The highest BCUT2D eigenvalue weighted by atomic mass is 15.0. The van der Waals surface area contributed by atoms with E-state index in [0.717, 1.165) is 35.5 Å². The fourth-order valence-corrected chi connectivity index (χ4v) is 8.91. The molecule has 182 valence electrons. The normalized spacial score (nSPS) is 37.8. The zero-order valence-corrected chi connectivity index (χ0v) is 20.9. The molecule has 4 aliphatic rings. The highest BCUT2D eigenvalue weighted by molar-refractivity contribution is 5.45. The molecule has 34 heavy (non-hydrogen) atoms. The molecule has 0 spiro atoms. The van der Waals surface area contributed by atoms with Gasteiger partial charge in [-0.3, -0.25) is 0 Å². The van der Waals surface area contributed by atoms with Gasteiger partial charge in [0.2, 0.25) is 0 Å². The van der Waals surface area contributed by atoms with Crippen LogP contribution in [0.4, 0.5) is 11.4 Å². The summed E-state index contributed by atoms with van der Waals surface area (Å²) in [7, 11) is 0. The van der Waals surface area contributed by atoms with Crippen molar-refractivity contribution >= 4 is 11.4 Å². The molecule has 0 aliphatic heterocycles. The van der Waals surface area contributed by atoms with E-state index in [1.54, 1.807) is 0 Å². The van der Waals surface area contributed by atoms with Crippen molar-refractivity contribution in [2.45, 2.75) is 89.1 Å². The van der Waals surface area contributed by atoms with Gasteiger partial charge in [0.1, 0.15) is 0 Å². The summed E-state index contributed by atoms with van der Waals surface area (Å²) < 4.78 is 0. The van der Waals surface area contributed by atoms with E-state index in [9.17, 15) is 0 Å². The Morgan fingerprint density at radius 2 is 0.853 bits per heavy atom. The van der Waals surface area contributed by atoms with Crippen LogP contribution in [-0.4, -0.2) is 12.1 Å². The molecule has 0 saturated heterocycles. The van der Waals surface area contributed by atoms with Crippen LogP contribution >= 0.6 is 0 Å². The van der Waals surface area contributed by atoms with Gasteiger partial charge in [-0.2, -0.15) is 0 Å². The number of rotatable bonds is 5. The van der Waals surface area contributed by atoms with Gasteiger partial charge in [0.05, 0.1) is 0 Å². The van der Waals surface area contributed by atoms with Gasteiger partial charge in [0.25, 0.3) is 0 Å². The first-order valence-electron chi connectivity index (χ1n) is 14.5. The third kappa shape index (κ3) is 4.62. The molecule has 0 aromatic heterocycles. The van der Waals surface area contributed by atoms with Crippen LogP contribution in [0.1, 0.15) is 77.0 Å². The lowest BCUT2D eigenvalue weighted by Crippen LogP contribution is -2.55. The lowest BCUT2D eigenvalue weighted by atomic mass is 9.52. The highest BCUT2D eigenvalue weighted by Gasteiger charge is 2.51. The Bertz CT molecular complexity index is 820. The molecule has 0 bridgehead atoms. The second-order valence-corrected chi connectivity index (χ2v) is 12.0. The molecule has 0 amide bonds. The smallest absolute Gasteiger partial charge is 0.0342 e. The second-order valence-electron chi connectivity index (χ2n) is 12.0. The fraction of sp³-hybridized carbons (Fsp3) is 0.625. The first-order chi connectivity index (χ1) is 16.9. The SMILES string of the molecule is c1ccc(NC2CCC3CCCCC3C2C2C(Nc3ccccc3)CCC3CCCCC32)cc1. The zero-order chi connectivity index (χ0) is 22.7. The summed E-state index contributed by atoms with van der Waals surface area (Å²) in [6.07, 6.45) is 17.3. The van der Waals surface area contributed by atoms with Gasteiger partial charge in [0.15, 0.2) is 0 Å². The minimum absolute atomic E-state index is 0.618. The Kier molecular flexibility index (Phi) is 6.84. The summed E-state index contributed by atoms with van der Waals surface area (Å²) in [5, 5.41) is 8.23. The maximum absolute atomic E-state index is 4.11. The van der Waals surface area contributed by atoms with Gasteiger partial charge in [-0.25, -0.2) is 0 Å².